The van der Waals surface area contributed by atoms with Gasteiger partial charge in [-0.05, 0) is 65.5 Å². The van der Waals surface area contributed by atoms with Crippen LogP contribution in [0.5, 0.6) is 0 Å². The molecule has 2 atom stereocenters. The van der Waals surface area contributed by atoms with E-state index in [4.69, 9.17) is 4.74 Å². The van der Waals surface area contributed by atoms with Crippen molar-refractivity contribution < 1.29 is 19.1 Å². The fraction of sp³-hybridized carbons (Fsp3) is 0.667. The van der Waals surface area contributed by atoms with E-state index in [9.17, 15) is 14.4 Å². The topological polar surface area (TPSA) is 87.7 Å². The quantitative estimate of drug-likeness (QED) is 0.407. The molecule has 7 nitrogen and oxygen atoms in total. The predicted molar refractivity (Wildman–Crippen MR) is 137 cm³/mol. The Hall–Kier alpha value is -2.57. The SMILES string of the molecule is CCCCCN(C(=O)C(C)NC(=O)OC(C)(C)C)C(C(=O)NCCCC)c1cc(C)ccc1C. The lowest BCUT2D eigenvalue weighted by atomic mass is 9.96. The predicted octanol–water partition coefficient (Wildman–Crippen LogP) is 5.19. The molecule has 0 heterocycles. The fourth-order valence-electron chi connectivity index (χ4n) is 3.68. The average Bonchev–Trinajstić information content (AvgIpc) is 2.73. The molecule has 2 unspecified atom stereocenters. The average molecular weight is 476 g/mol. The normalized spacial score (nSPS) is 13.1. The van der Waals surface area contributed by atoms with E-state index in [2.05, 4.69) is 24.5 Å². The first-order valence-corrected chi connectivity index (χ1v) is 12.6. The van der Waals surface area contributed by atoms with Crippen molar-refractivity contribution in [1.82, 2.24) is 15.5 Å². The van der Waals surface area contributed by atoms with Gasteiger partial charge in [-0.25, -0.2) is 4.79 Å². The number of alkyl carbamates (subject to hydrolysis) is 1. The van der Waals surface area contributed by atoms with Crippen LogP contribution in [-0.2, 0) is 14.3 Å². The van der Waals surface area contributed by atoms with Crippen molar-refractivity contribution in [2.75, 3.05) is 13.1 Å². The Kier molecular flexibility index (Phi) is 12.1. The van der Waals surface area contributed by atoms with E-state index in [0.717, 1.165) is 48.8 Å². The van der Waals surface area contributed by atoms with Gasteiger partial charge in [0.1, 0.15) is 17.7 Å². The molecule has 1 aromatic rings. The number of rotatable bonds is 12. The Bertz CT molecular complexity index is 817. The lowest BCUT2D eigenvalue weighted by molar-refractivity contribution is -0.142. The Morgan fingerprint density at radius 1 is 1.03 bits per heavy atom. The molecule has 3 amide bonds. The van der Waals surface area contributed by atoms with E-state index in [-0.39, 0.29) is 11.8 Å². The van der Waals surface area contributed by atoms with Crippen LogP contribution in [0.1, 0.15) is 96.4 Å². The van der Waals surface area contributed by atoms with Crippen molar-refractivity contribution in [3.05, 3.63) is 34.9 Å². The number of benzene rings is 1. The van der Waals surface area contributed by atoms with Gasteiger partial charge in [-0.1, -0.05) is 56.9 Å². The van der Waals surface area contributed by atoms with Crippen LogP contribution in [0.3, 0.4) is 0 Å². The molecule has 1 rings (SSSR count). The Morgan fingerprint density at radius 2 is 1.68 bits per heavy atom. The van der Waals surface area contributed by atoms with Crippen molar-refractivity contribution in [3.8, 4) is 0 Å². The summed E-state index contributed by atoms with van der Waals surface area (Å²) in [5.41, 5.74) is 2.10. The van der Waals surface area contributed by atoms with Crippen molar-refractivity contribution in [2.24, 2.45) is 0 Å². The first-order valence-electron chi connectivity index (χ1n) is 12.6. The minimum atomic E-state index is -0.840. The monoisotopic (exact) mass is 475 g/mol. The Balaban J connectivity index is 3.34. The lowest BCUT2D eigenvalue weighted by Gasteiger charge is -2.34. The minimum Gasteiger partial charge on any atom is -0.444 e. The number of amides is 3. The summed E-state index contributed by atoms with van der Waals surface area (Å²) >= 11 is 0. The molecule has 1 aromatic carbocycles. The zero-order valence-corrected chi connectivity index (χ0v) is 22.4. The van der Waals surface area contributed by atoms with Crippen LogP contribution < -0.4 is 10.6 Å². The van der Waals surface area contributed by atoms with E-state index in [1.807, 2.05) is 32.0 Å². The smallest absolute Gasteiger partial charge is 0.408 e. The maximum atomic E-state index is 13.7. The second kappa shape index (κ2) is 14.0. The van der Waals surface area contributed by atoms with Gasteiger partial charge >= 0.3 is 6.09 Å². The third kappa shape index (κ3) is 9.74. The molecule has 0 bridgehead atoms. The zero-order valence-electron chi connectivity index (χ0n) is 22.4. The second-order valence-corrected chi connectivity index (χ2v) is 10.0. The van der Waals surface area contributed by atoms with Gasteiger partial charge in [0.15, 0.2) is 0 Å². The van der Waals surface area contributed by atoms with Crippen LogP contribution in [0.4, 0.5) is 4.79 Å². The molecule has 0 spiro atoms. The molecule has 7 heteroatoms. The maximum Gasteiger partial charge on any atom is 0.408 e. The van der Waals surface area contributed by atoms with Gasteiger partial charge in [0, 0.05) is 13.1 Å². The Labute approximate surface area is 206 Å². The number of aryl methyl sites for hydroxylation is 2. The van der Waals surface area contributed by atoms with Gasteiger partial charge in [0.25, 0.3) is 0 Å². The van der Waals surface area contributed by atoms with Crippen LogP contribution in [0.25, 0.3) is 0 Å². The van der Waals surface area contributed by atoms with Gasteiger partial charge in [-0.15, -0.1) is 0 Å². The number of hydrogen-bond acceptors (Lipinski definition) is 4. The Morgan fingerprint density at radius 3 is 2.26 bits per heavy atom. The minimum absolute atomic E-state index is 0.198. The second-order valence-electron chi connectivity index (χ2n) is 10.0. The third-order valence-corrected chi connectivity index (χ3v) is 5.51. The van der Waals surface area contributed by atoms with Crippen molar-refractivity contribution in [3.63, 3.8) is 0 Å². The lowest BCUT2D eigenvalue weighted by Crippen LogP contribution is -2.52. The van der Waals surface area contributed by atoms with E-state index in [1.54, 1.807) is 32.6 Å². The summed E-state index contributed by atoms with van der Waals surface area (Å²) < 4.78 is 5.33. The van der Waals surface area contributed by atoms with E-state index in [1.165, 1.54) is 0 Å². The van der Waals surface area contributed by atoms with Crippen LogP contribution in [0, 0.1) is 13.8 Å². The number of unbranched alkanes of at least 4 members (excludes halogenated alkanes) is 3. The van der Waals surface area contributed by atoms with Gasteiger partial charge < -0.3 is 20.3 Å². The number of nitrogens with zero attached hydrogens (tertiary/aromatic N) is 1. The maximum absolute atomic E-state index is 13.7. The number of nitrogens with one attached hydrogen (secondary N) is 2. The number of carbonyl (C=O) groups excluding carboxylic acids is 3. The van der Waals surface area contributed by atoms with Crippen molar-refractivity contribution >= 4 is 17.9 Å². The molecular weight excluding hydrogens is 430 g/mol. The molecule has 0 saturated heterocycles. The molecule has 0 radical (unpaired) electrons. The molecule has 0 aromatic heterocycles. The van der Waals surface area contributed by atoms with Crippen molar-refractivity contribution in [2.45, 2.75) is 105 Å². The molecule has 2 N–H and O–H groups in total. The molecular formula is C27H45N3O4. The summed E-state index contributed by atoms with van der Waals surface area (Å²) in [6, 6.07) is 4.34. The molecule has 0 saturated carbocycles. The molecule has 34 heavy (non-hydrogen) atoms. The summed E-state index contributed by atoms with van der Waals surface area (Å²) in [7, 11) is 0. The van der Waals surface area contributed by atoms with Gasteiger partial charge in [-0.2, -0.15) is 0 Å². The summed E-state index contributed by atoms with van der Waals surface area (Å²) in [5, 5.41) is 5.67. The molecule has 0 aliphatic heterocycles. The number of hydrogen-bond donors (Lipinski definition) is 2. The highest BCUT2D eigenvalue weighted by atomic mass is 16.6. The standard InChI is InChI=1S/C27H45N3O4/c1-9-11-13-17-30(25(32)21(5)29-26(33)34-27(6,7)8)23(24(31)28-16-12-10-2)22-18-19(3)14-15-20(22)4/h14-15,18,21,23H,9-13,16-17H2,1-8H3,(H,28,31)(H,29,33). The van der Waals surface area contributed by atoms with Crippen LogP contribution in [0.2, 0.25) is 0 Å². The third-order valence-electron chi connectivity index (χ3n) is 5.51. The largest absolute Gasteiger partial charge is 0.444 e. The molecule has 0 aliphatic carbocycles. The highest BCUT2D eigenvalue weighted by molar-refractivity contribution is 5.92. The van der Waals surface area contributed by atoms with E-state index >= 15 is 0 Å². The first-order chi connectivity index (χ1) is 15.9. The first kappa shape index (κ1) is 29.5. The van der Waals surface area contributed by atoms with Crippen molar-refractivity contribution in [1.29, 1.82) is 0 Å². The summed E-state index contributed by atoms with van der Waals surface area (Å²) in [4.78, 5) is 41.1. The fourth-order valence-corrected chi connectivity index (χ4v) is 3.68. The van der Waals surface area contributed by atoms with Gasteiger partial charge in [-0.3, -0.25) is 9.59 Å². The summed E-state index contributed by atoms with van der Waals surface area (Å²) in [5.74, 6) is -0.505. The van der Waals surface area contributed by atoms with Crippen LogP contribution >= 0.6 is 0 Å². The number of carbonyl (C=O) groups is 3. The van der Waals surface area contributed by atoms with E-state index < -0.39 is 23.8 Å². The van der Waals surface area contributed by atoms with Crippen LogP contribution in [-0.4, -0.2) is 47.5 Å². The van der Waals surface area contributed by atoms with Gasteiger partial charge in [0.05, 0.1) is 0 Å². The highest BCUT2D eigenvalue weighted by Crippen LogP contribution is 2.27. The summed E-state index contributed by atoms with van der Waals surface area (Å²) in [6.07, 6.45) is 3.87. The molecule has 192 valence electrons. The zero-order chi connectivity index (χ0) is 25.9. The van der Waals surface area contributed by atoms with Gasteiger partial charge in [0.2, 0.25) is 11.8 Å². The molecule has 0 aliphatic rings. The van der Waals surface area contributed by atoms with E-state index in [0.29, 0.717) is 13.1 Å². The van der Waals surface area contributed by atoms with Crippen LogP contribution in [0.15, 0.2) is 18.2 Å². The molecule has 0 fully saturated rings. The highest BCUT2D eigenvalue weighted by Gasteiger charge is 2.35. The number of ether oxygens (including phenoxy) is 1. The summed E-state index contributed by atoms with van der Waals surface area (Å²) in [6.45, 7) is 16.0.